The lowest BCUT2D eigenvalue weighted by Gasteiger charge is -2.52. The van der Waals surface area contributed by atoms with E-state index >= 15 is 0 Å². The van der Waals surface area contributed by atoms with E-state index in [1.54, 1.807) is 0 Å². The number of hydrogen-bond donors (Lipinski definition) is 1. The molecule has 7 atom stereocenters. The Bertz CT molecular complexity index is 391. The highest BCUT2D eigenvalue weighted by Crippen LogP contribution is 2.63. The lowest BCUT2D eigenvalue weighted by molar-refractivity contribution is -0.0277. The van der Waals surface area contributed by atoms with Crippen LogP contribution >= 0.6 is 0 Å². The molecular weight excluding hydrogens is 292 g/mol. The van der Waals surface area contributed by atoms with Crippen molar-refractivity contribution < 1.29 is 5.11 Å². The number of rotatable bonds is 7. The molecule has 0 aromatic heterocycles. The van der Waals surface area contributed by atoms with Crippen molar-refractivity contribution in [3.05, 3.63) is 0 Å². The molecule has 0 radical (unpaired) electrons. The van der Waals surface area contributed by atoms with E-state index in [4.69, 9.17) is 0 Å². The van der Waals surface area contributed by atoms with Crippen LogP contribution in [-0.4, -0.2) is 11.2 Å². The van der Waals surface area contributed by atoms with Crippen LogP contribution < -0.4 is 0 Å². The first-order valence-corrected chi connectivity index (χ1v) is 11.3. The molecule has 0 aliphatic heterocycles. The molecule has 140 valence electrons. The molecule has 3 unspecified atom stereocenters. The molecule has 3 aliphatic carbocycles. The first kappa shape index (κ1) is 18.7. The summed E-state index contributed by atoms with van der Waals surface area (Å²) in [5.74, 6) is 4.87. The molecular formula is C23H42O. The monoisotopic (exact) mass is 334 g/mol. The molecule has 0 aromatic rings. The van der Waals surface area contributed by atoms with E-state index in [-0.39, 0.29) is 6.10 Å². The second kappa shape index (κ2) is 8.11. The summed E-state index contributed by atoms with van der Waals surface area (Å²) in [6, 6.07) is 0. The van der Waals surface area contributed by atoms with Crippen LogP contribution in [-0.2, 0) is 0 Å². The zero-order valence-electron chi connectivity index (χ0n) is 16.6. The fourth-order valence-corrected chi connectivity index (χ4v) is 7.15. The predicted octanol–water partition coefficient (Wildman–Crippen LogP) is 6.59. The first-order chi connectivity index (χ1) is 11.6. The second-order valence-corrected chi connectivity index (χ2v) is 9.85. The summed E-state index contributed by atoms with van der Waals surface area (Å²) in [5, 5.41) is 10.2. The van der Waals surface area contributed by atoms with Gasteiger partial charge in [0.15, 0.2) is 0 Å². The van der Waals surface area contributed by atoms with Crippen molar-refractivity contribution in [2.24, 2.45) is 35.0 Å². The van der Waals surface area contributed by atoms with Crippen molar-refractivity contribution in [1.82, 2.24) is 0 Å². The highest BCUT2D eigenvalue weighted by Gasteiger charge is 2.54. The van der Waals surface area contributed by atoms with Gasteiger partial charge >= 0.3 is 0 Å². The van der Waals surface area contributed by atoms with Gasteiger partial charge in [-0.3, -0.25) is 0 Å². The topological polar surface area (TPSA) is 20.2 Å². The average molecular weight is 335 g/mol. The van der Waals surface area contributed by atoms with Crippen molar-refractivity contribution in [1.29, 1.82) is 0 Å². The minimum atomic E-state index is -0.0321. The molecule has 3 rings (SSSR count). The van der Waals surface area contributed by atoms with Gasteiger partial charge in [0.05, 0.1) is 6.10 Å². The normalized spacial score (nSPS) is 43.2. The third-order valence-corrected chi connectivity index (χ3v) is 8.46. The molecule has 1 nitrogen and oxygen atoms in total. The molecule has 24 heavy (non-hydrogen) atoms. The van der Waals surface area contributed by atoms with Crippen molar-refractivity contribution in [3.63, 3.8) is 0 Å². The van der Waals surface area contributed by atoms with E-state index in [0.29, 0.717) is 5.41 Å². The van der Waals surface area contributed by atoms with Gasteiger partial charge in [-0.2, -0.15) is 0 Å². The maximum absolute atomic E-state index is 10.2. The van der Waals surface area contributed by atoms with Gasteiger partial charge in [0.25, 0.3) is 0 Å². The number of aliphatic hydroxyl groups is 1. The third-order valence-electron chi connectivity index (χ3n) is 8.46. The Morgan fingerprint density at radius 3 is 2.62 bits per heavy atom. The zero-order valence-corrected chi connectivity index (χ0v) is 16.6. The van der Waals surface area contributed by atoms with Gasteiger partial charge in [0.2, 0.25) is 0 Å². The molecule has 0 heterocycles. The molecule has 1 heteroatoms. The van der Waals surface area contributed by atoms with Crippen LogP contribution in [0.25, 0.3) is 0 Å². The summed E-state index contributed by atoms with van der Waals surface area (Å²) in [4.78, 5) is 0. The smallest absolute Gasteiger partial charge is 0.0542 e. The van der Waals surface area contributed by atoms with E-state index < -0.39 is 0 Å². The van der Waals surface area contributed by atoms with E-state index in [2.05, 4.69) is 20.8 Å². The first-order valence-electron chi connectivity index (χ1n) is 11.3. The second-order valence-electron chi connectivity index (χ2n) is 9.85. The van der Waals surface area contributed by atoms with E-state index in [1.807, 2.05) is 0 Å². The lowest BCUT2D eigenvalue weighted by Crippen LogP contribution is -2.44. The Balaban J connectivity index is 1.58. The van der Waals surface area contributed by atoms with Gasteiger partial charge < -0.3 is 5.11 Å². The summed E-state index contributed by atoms with van der Waals surface area (Å²) in [6.07, 6.45) is 17.8. The number of aliphatic hydroxyl groups excluding tert-OH is 1. The van der Waals surface area contributed by atoms with Crippen LogP contribution in [0.2, 0.25) is 0 Å². The van der Waals surface area contributed by atoms with Gasteiger partial charge in [-0.15, -0.1) is 0 Å². The number of unbranched alkanes of at least 4 members (excludes halogenated alkanes) is 1. The third kappa shape index (κ3) is 3.71. The Labute approximate surface area is 151 Å². The standard InChI is InChI=1S/C23H42O/c1-4-6-8-19-10-12-22-21-11-9-17(16-20(24)7-5-2)15-18(21)13-14-23(19,22)3/h17-22,24H,4-16H2,1-3H3/t17-,18?,19+,20+,21?,22?,23-/m1/s1. The predicted molar refractivity (Wildman–Crippen MR) is 103 cm³/mol. The lowest BCUT2D eigenvalue weighted by atomic mass is 9.53. The van der Waals surface area contributed by atoms with Gasteiger partial charge in [0.1, 0.15) is 0 Å². The van der Waals surface area contributed by atoms with E-state index in [1.165, 1.54) is 64.2 Å². The van der Waals surface area contributed by atoms with Gasteiger partial charge in [0, 0.05) is 0 Å². The van der Waals surface area contributed by atoms with Crippen LogP contribution in [0.4, 0.5) is 0 Å². The Kier molecular flexibility index (Phi) is 6.33. The number of fused-ring (bicyclic) bond motifs is 3. The minimum Gasteiger partial charge on any atom is -0.393 e. The summed E-state index contributed by atoms with van der Waals surface area (Å²) in [6.45, 7) is 7.20. The van der Waals surface area contributed by atoms with Crippen molar-refractivity contribution >= 4 is 0 Å². The molecule has 3 aliphatic rings. The maximum atomic E-state index is 10.2. The van der Waals surface area contributed by atoms with E-state index in [9.17, 15) is 5.11 Å². The number of hydrogen-bond acceptors (Lipinski definition) is 1. The van der Waals surface area contributed by atoms with Gasteiger partial charge in [-0.1, -0.05) is 46.5 Å². The minimum absolute atomic E-state index is 0.0321. The van der Waals surface area contributed by atoms with Crippen LogP contribution in [0, 0.1) is 35.0 Å². The molecule has 0 amide bonds. The SMILES string of the molecule is CCCC[C@H]1CCC2C3CC[C@@H](C[C@@H](O)CCC)CC3CC[C@@]21C. The quantitative estimate of drug-likeness (QED) is 0.557. The molecule has 0 spiro atoms. The Morgan fingerprint density at radius 1 is 1.04 bits per heavy atom. The highest BCUT2D eigenvalue weighted by atomic mass is 16.3. The van der Waals surface area contributed by atoms with Crippen molar-refractivity contribution in [2.45, 2.75) is 110 Å². The summed E-state index contributed by atoms with van der Waals surface area (Å²) in [5.41, 5.74) is 0.672. The van der Waals surface area contributed by atoms with Crippen LogP contribution in [0.15, 0.2) is 0 Å². The highest BCUT2D eigenvalue weighted by molar-refractivity contribution is 5.03. The molecule has 3 saturated carbocycles. The maximum Gasteiger partial charge on any atom is 0.0542 e. The summed E-state index contributed by atoms with van der Waals surface area (Å²) < 4.78 is 0. The van der Waals surface area contributed by atoms with Crippen molar-refractivity contribution in [2.75, 3.05) is 0 Å². The molecule has 0 aromatic carbocycles. The van der Waals surface area contributed by atoms with Crippen LogP contribution in [0.5, 0.6) is 0 Å². The fourth-order valence-electron chi connectivity index (χ4n) is 7.15. The van der Waals surface area contributed by atoms with Gasteiger partial charge in [-0.05, 0) is 92.8 Å². The fraction of sp³-hybridized carbons (Fsp3) is 1.00. The molecule has 3 fully saturated rings. The molecule has 1 N–H and O–H groups in total. The molecule has 0 bridgehead atoms. The summed E-state index contributed by atoms with van der Waals surface area (Å²) in [7, 11) is 0. The van der Waals surface area contributed by atoms with Crippen LogP contribution in [0.1, 0.15) is 104 Å². The van der Waals surface area contributed by atoms with Crippen molar-refractivity contribution in [3.8, 4) is 0 Å². The van der Waals surface area contributed by atoms with Gasteiger partial charge in [-0.25, -0.2) is 0 Å². The van der Waals surface area contributed by atoms with Crippen LogP contribution in [0.3, 0.4) is 0 Å². The summed E-state index contributed by atoms with van der Waals surface area (Å²) >= 11 is 0. The average Bonchev–Trinajstić information content (AvgIpc) is 2.90. The largest absolute Gasteiger partial charge is 0.393 e. The zero-order chi connectivity index (χ0) is 17.2. The Hall–Kier alpha value is -0.0400. The molecule has 0 saturated heterocycles. The van der Waals surface area contributed by atoms with E-state index in [0.717, 1.165) is 48.9 Å². The Morgan fingerprint density at radius 2 is 1.88 bits per heavy atom.